The number of hydrogen-bond donors (Lipinski definition) is 0. The van der Waals surface area contributed by atoms with Crippen LogP contribution >= 0.6 is 0 Å². The largest absolute Gasteiger partial charge is 0.465 e. The van der Waals surface area contributed by atoms with Crippen LogP contribution in [0.25, 0.3) is 0 Å². The summed E-state index contributed by atoms with van der Waals surface area (Å²) in [5, 5.41) is 0. The van der Waals surface area contributed by atoms with E-state index in [2.05, 4.69) is 6.92 Å². The maximum absolute atomic E-state index is 12.4. The van der Waals surface area contributed by atoms with Gasteiger partial charge in [-0.3, -0.25) is 9.59 Å². The van der Waals surface area contributed by atoms with Crippen molar-refractivity contribution in [3.63, 3.8) is 0 Å². The Morgan fingerprint density at radius 3 is 1.84 bits per heavy atom. The average molecular weight is 357 g/mol. The number of ether oxygens (including phenoxy) is 2. The minimum atomic E-state index is -0.392. The first-order valence-corrected chi connectivity index (χ1v) is 9.77. The van der Waals surface area contributed by atoms with Crippen LogP contribution in [0, 0.1) is 16.7 Å². The first-order valence-electron chi connectivity index (χ1n) is 9.77. The fraction of sp³-hybridized carbons (Fsp3) is 0.905. The Bertz CT molecular complexity index is 388. The van der Waals surface area contributed by atoms with Gasteiger partial charge < -0.3 is 9.47 Å². The van der Waals surface area contributed by atoms with E-state index in [0.717, 1.165) is 12.8 Å². The predicted molar refractivity (Wildman–Crippen MR) is 102 cm³/mol. The SMILES string of the molecule is CCCCCCCC(CC(=O)OCC(C)(C)C)C(=O)OCC(C)(C)C. The van der Waals surface area contributed by atoms with Crippen molar-refractivity contribution in [2.24, 2.45) is 16.7 Å². The molecule has 0 spiro atoms. The van der Waals surface area contributed by atoms with E-state index in [0.29, 0.717) is 19.6 Å². The molecular formula is C21H40O4. The van der Waals surface area contributed by atoms with Crippen LogP contribution in [0.2, 0.25) is 0 Å². The minimum Gasteiger partial charge on any atom is -0.465 e. The Morgan fingerprint density at radius 2 is 1.32 bits per heavy atom. The second-order valence-corrected chi connectivity index (χ2v) is 9.49. The smallest absolute Gasteiger partial charge is 0.309 e. The molecule has 0 aliphatic heterocycles. The van der Waals surface area contributed by atoms with Crippen molar-refractivity contribution in [1.82, 2.24) is 0 Å². The molecule has 148 valence electrons. The highest BCUT2D eigenvalue weighted by atomic mass is 16.5. The molecule has 0 N–H and O–H groups in total. The number of unbranched alkanes of at least 4 members (excludes halogenated alkanes) is 4. The van der Waals surface area contributed by atoms with Gasteiger partial charge in [0.25, 0.3) is 0 Å². The van der Waals surface area contributed by atoms with Crippen LogP contribution in [-0.2, 0) is 19.1 Å². The maximum Gasteiger partial charge on any atom is 0.309 e. The van der Waals surface area contributed by atoms with Crippen LogP contribution in [0.1, 0.15) is 93.4 Å². The average Bonchev–Trinajstić information content (AvgIpc) is 2.47. The van der Waals surface area contributed by atoms with Crippen molar-refractivity contribution in [1.29, 1.82) is 0 Å². The van der Waals surface area contributed by atoms with Crippen LogP contribution in [0.5, 0.6) is 0 Å². The first-order chi connectivity index (χ1) is 11.4. The van der Waals surface area contributed by atoms with Gasteiger partial charge in [-0.2, -0.15) is 0 Å². The van der Waals surface area contributed by atoms with E-state index in [4.69, 9.17) is 9.47 Å². The molecule has 0 rings (SSSR count). The fourth-order valence-corrected chi connectivity index (χ4v) is 2.26. The molecule has 0 aliphatic rings. The molecule has 0 bridgehead atoms. The van der Waals surface area contributed by atoms with Crippen molar-refractivity contribution in [3.05, 3.63) is 0 Å². The topological polar surface area (TPSA) is 52.6 Å². The zero-order chi connectivity index (χ0) is 19.5. The van der Waals surface area contributed by atoms with Gasteiger partial charge in [0.2, 0.25) is 0 Å². The third kappa shape index (κ3) is 14.9. The Kier molecular flexibility index (Phi) is 11.0. The normalized spacial score (nSPS) is 13.4. The van der Waals surface area contributed by atoms with Crippen molar-refractivity contribution in [2.75, 3.05) is 13.2 Å². The van der Waals surface area contributed by atoms with E-state index in [-0.39, 0.29) is 29.2 Å². The van der Waals surface area contributed by atoms with E-state index in [1.807, 2.05) is 41.5 Å². The standard InChI is InChI=1S/C21H40O4/c1-8-9-10-11-12-13-17(19(23)25-16-21(5,6)7)14-18(22)24-15-20(2,3)4/h17H,8-16H2,1-7H3. The molecule has 1 atom stereocenters. The van der Waals surface area contributed by atoms with E-state index < -0.39 is 5.92 Å². The van der Waals surface area contributed by atoms with Gasteiger partial charge in [-0.05, 0) is 17.3 Å². The molecule has 0 fully saturated rings. The predicted octanol–water partition coefficient (Wildman–Crippen LogP) is 5.53. The summed E-state index contributed by atoms with van der Waals surface area (Å²) < 4.78 is 10.8. The zero-order valence-electron chi connectivity index (χ0n) is 17.6. The molecule has 0 radical (unpaired) electrons. The van der Waals surface area contributed by atoms with Gasteiger partial charge in [0, 0.05) is 0 Å². The molecule has 0 saturated carbocycles. The summed E-state index contributed by atoms with van der Waals surface area (Å²) in [5.41, 5.74) is -0.147. The van der Waals surface area contributed by atoms with Crippen LogP contribution in [0.3, 0.4) is 0 Å². The summed E-state index contributed by atoms with van der Waals surface area (Å²) in [6.45, 7) is 15.0. The Hall–Kier alpha value is -1.06. The molecule has 0 amide bonds. The Labute approximate surface area is 155 Å². The summed E-state index contributed by atoms with van der Waals surface area (Å²) in [6.07, 6.45) is 6.43. The fourth-order valence-electron chi connectivity index (χ4n) is 2.26. The van der Waals surface area contributed by atoms with Crippen LogP contribution in [0.15, 0.2) is 0 Å². The van der Waals surface area contributed by atoms with Gasteiger partial charge in [-0.25, -0.2) is 0 Å². The molecule has 4 nitrogen and oxygen atoms in total. The number of esters is 2. The van der Waals surface area contributed by atoms with E-state index in [1.54, 1.807) is 0 Å². The summed E-state index contributed by atoms with van der Waals surface area (Å²) in [6, 6.07) is 0. The highest BCUT2D eigenvalue weighted by Crippen LogP contribution is 2.21. The second-order valence-electron chi connectivity index (χ2n) is 9.49. The van der Waals surface area contributed by atoms with E-state index >= 15 is 0 Å². The summed E-state index contributed by atoms with van der Waals surface area (Å²) in [5.74, 6) is -0.962. The number of carbonyl (C=O) groups is 2. The van der Waals surface area contributed by atoms with Gasteiger partial charge in [0.15, 0.2) is 0 Å². The molecule has 0 aromatic carbocycles. The number of carbonyl (C=O) groups excluding carboxylic acids is 2. The quantitative estimate of drug-likeness (QED) is 0.361. The number of hydrogen-bond acceptors (Lipinski definition) is 4. The van der Waals surface area contributed by atoms with Crippen molar-refractivity contribution < 1.29 is 19.1 Å². The van der Waals surface area contributed by atoms with Gasteiger partial charge in [0.1, 0.15) is 0 Å². The highest BCUT2D eigenvalue weighted by molar-refractivity contribution is 5.80. The lowest BCUT2D eigenvalue weighted by atomic mass is 9.96. The monoisotopic (exact) mass is 356 g/mol. The third-order valence-electron chi connectivity index (χ3n) is 3.72. The van der Waals surface area contributed by atoms with Crippen molar-refractivity contribution in [2.45, 2.75) is 93.4 Å². The van der Waals surface area contributed by atoms with Crippen LogP contribution in [0.4, 0.5) is 0 Å². The summed E-state index contributed by atoms with van der Waals surface area (Å²) in [4.78, 5) is 24.5. The highest BCUT2D eigenvalue weighted by Gasteiger charge is 2.26. The van der Waals surface area contributed by atoms with Gasteiger partial charge in [-0.1, -0.05) is 80.6 Å². The lowest BCUT2D eigenvalue weighted by Crippen LogP contribution is -2.27. The molecule has 25 heavy (non-hydrogen) atoms. The molecular weight excluding hydrogens is 316 g/mol. The van der Waals surface area contributed by atoms with E-state index in [1.165, 1.54) is 19.3 Å². The molecule has 0 aromatic heterocycles. The zero-order valence-corrected chi connectivity index (χ0v) is 17.6. The summed E-state index contributed by atoms with van der Waals surface area (Å²) in [7, 11) is 0. The maximum atomic E-state index is 12.4. The first kappa shape index (κ1) is 23.9. The van der Waals surface area contributed by atoms with Gasteiger partial charge in [0.05, 0.1) is 25.6 Å². The summed E-state index contributed by atoms with van der Waals surface area (Å²) >= 11 is 0. The third-order valence-corrected chi connectivity index (χ3v) is 3.72. The van der Waals surface area contributed by atoms with Gasteiger partial charge >= 0.3 is 11.9 Å². The lowest BCUT2D eigenvalue weighted by molar-refractivity contribution is -0.158. The Balaban J connectivity index is 4.54. The molecule has 1 unspecified atom stereocenters. The molecule has 4 heteroatoms. The Morgan fingerprint density at radius 1 is 0.800 bits per heavy atom. The van der Waals surface area contributed by atoms with E-state index in [9.17, 15) is 9.59 Å². The van der Waals surface area contributed by atoms with Crippen LogP contribution < -0.4 is 0 Å². The molecule has 0 aliphatic carbocycles. The van der Waals surface area contributed by atoms with Crippen molar-refractivity contribution in [3.8, 4) is 0 Å². The molecule has 0 aromatic rings. The molecule has 0 heterocycles. The van der Waals surface area contributed by atoms with Gasteiger partial charge in [-0.15, -0.1) is 0 Å². The van der Waals surface area contributed by atoms with Crippen LogP contribution in [-0.4, -0.2) is 25.2 Å². The molecule has 0 saturated heterocycles. The lowest BCUT2D eigenvalue weighted by Gasteiger charge is -2.22. The second kappa shape index (κ2) is 11.5. The minimum absolute atomic E-state index is 0.0714. The van der Waals surface area contributed by atoms with Crippen molar-refractivity contribution >= 4 is 11.9 Å². The number of rotatable bonds is 11.